The molecule has 8 heteroatoms. The van der Waals surface area contributed by atoms with E-state index in [1.54, 1.807) is 6.20 Å². The van der Waals surface area contributed by atoms with Crippen LogP contribution in [0.25, 0.3) is 10.6 Å². The van der Waals surface area contributed by atoms with Crippen molar-refractivity contribution in [3.63, 3.8) is 0 Å². The van der Waals surface area contributed by atoms with Crippen molar-refractivity contribution in [3.05, 3.63) is 34.6 Å². The van der Waals surface area contributed by atoms with E-state index in [4.69, 9.17) is 9.47 Å². The highest BCUT2D eigenvalue weighted by Gasteiger charge is 2.21. The lowest BCUT2D eigenvalue weighted by Crippen LogP contribution is -2.41. The fourth-order valence-electron chi connectivity index (χ4n) is 2.39. The summed E-state index contributed by atoms with van der Waals surface area (Å²) in [5.41, 5.74) is -0.302. The molecule has 1 saturated heterocycles. The summed E-state index contributed by atoms with van der Waals surface area (Å²) in [4.78, 5) is 16.4. The number of benzene rings is 1. The number of carbonyl (C=O) groups is 1. The first kappa shape index (κ1) is 16.8. The number of nitrogens with one attached hydrogen (secondary N) is 1. The number of aromatic nitrogens is 1. The molecule has 24 heavy (non-hydrogen) atoms. The van der Waals surface area contributed by atoms with Crippen molar-refractivity contribution < 1.29 is 23.8 Å². The third-order valence-electron chi connectivity index (χ3n) is 3.57. The molecule has 0 amide bonds. The van der Waals surface area contributed by atoms with Crippen LogP contribution in [0.15, 0.2) is 18.3 Å². The smallest absolute Gasteiger partial charge is 0.338 e. The molecule has 6 nitrogen and oxygen atoms in total. The highest BCUT2D eigenvalue weighted by molar-refractivity contribution is 7.14. The monoisotopic (exact) mass is 352 g/mol. The molecular formula is C16H17FN2O4S. The second kappa shape index (κ2) is 7.25. The predicted molar refractivity (Wildman–Crippen MR) is 87.3 cm³/mol. The number of thiazole rings is 1. The Kier molecular flexibility index (Phi) is 5.08. The van der Waals surface area contributed by atoms with Crippen LogP contribution >= 0.6 is 11.3 Å². The van der Waals surface area contributed by atoms with E-state index in [2.05, 4.69) is 10.3 Å². The molecule has 2 heterocycles. The zero-order valence-corrected chi connectivity index (χ0v) is 13.9. The molecule has 2 aromatic rings. The Labute approximate surface area is 142 Å². The van der Waals surface area contributed by atoms with Gasteiger partial charge in [0.25, 0.3) is 0 Å². The average Bonchev–Trinajstić information content (AvgIpc) is 3.00. The van der Waals surface area contributed by atoms with Crippen LogP contribution in [0.5, 0.6) is 5.75 Å². The first-order valence-electron chi connectivity index (χ1n) is 7.49. The van der Waals surface area contributed by atoms with Crippen LogP contribution in [0.2, 0.25) is 0 Å². The molecule has 1 atom stereocenters. The third-order valence-corrected chi connectivity index (χ3v) is 4.51. The molecule has 1 aliphatic rings. The summed E-state index contributed by atoms with van der Waals surface area (Å²) >= 11 is 1.30. The maximum atomic E-state index is 14.5. The van der Waals surface area contributed by atoms with Crippen molar-refractivity contribution in [3.8, 4) is 16.3 Å². The minimum atomic E-state index is -1.34. The molecule has 1 aliphatic heterocycles. The lowest BCUT2D eigenvalue weighted by atomic mass is 10.1. The van der Waals surface area contributed by atoms with Gasteiger partial charge in [-0.1, -0.05) is 0 Å². The van der Waals surface area contributed by atoms with Gasteiger partial charge in [-0.3, -0.25) is 0 Å². The van der Waals surface area contributed by atoms with Gasteiger partial charge < -0.3 is 19.9 Å². The summed E-state index contributed by atoms with van der Waals surface area (Å²) < 4.78 is 25.7. The number of halogens is 1. The Balaban J connectivity index is 1.88. The molecule has 0 aliphatic carbocycles. The summed E-state index contributed by atoms with van der Waals surface area (Å²) in [5.74, 6) is -1.87. The number of nitrogens with zero attached hydrogens (tertiary/aromatic N) is 1. The Bertz CT molecular complexity index is 744. The zero-order valence-electron chi connectivity index (χ0n) is 13.0. The Morgan fingerprint density at radius 3 is 3.04 bits per heavy atom. The van der Waals surface area contributed by atoms with Crippen molar-refractivity contribution in [1.82, 2.24) is 10.3 Å². The molecule has 0 radical (unpaired) electrons. The van der Waals surface area contributed by atoms with Crippen molar-refractivity contribution in [2.45, 2.75) is 13.0 Å². The third kappa shape index (κ3) is 3.72. The van der Waals surface area contributed by atoms with Crippen molar-refractivity contribution in [2.75, 3.05) is 26.3 Å². The number of aromatic carboxylic acids is 1. The quantitative estimate of drug-likeness (QED) is 0.860. The number of carboxylic acid groups (broad SMARTS) is 1. The van der Waals surface area contributed by atoms with E-state index in [0.717, 1.165) is 11.4 Å². The summed E-state index contributed by atoms with van der Waals surface area (Å²) in [5, 5.41) is 12.8. The van der Waals surface area contributed by atoms with Crippen LogP contribution in [-0.2, 0) is 4.74 Å². The summed E-state index contributed by atoms with van der Waals surface area (Å²) in [6.45, 7) is 4.16. The Hall–Kier alpha value is -2.03. The summed E-state index contributed by atoms with van der Waals surface area (Å²) in [7, 11) is 0. The van der Waals surface area contributed by atoms with Gasteiger partial charge in [0.2, 0.25) is 0 Å². The van der Waals surface area contributed by atoms with E-state index in [1.807, 2.05) is 6.92 Å². The molecule has 2 N–H and O–H groups in total. The van der Waals surface area contributed by atoms with Crippen LogP contribution in [0.4, 0.5) is 4.39 Å². The van der Waals surface area contributed by atoms with Gasteiger partial charge in [-0.25, -0.2) is 14.2 Å². The standard InChI is InChI=1S/C16H17FN2O4S/c1-9-6-19-15(24-9)12-4-10(5-13(14(12)17)16(20)21)23-8-11-7-18-2-3-22-11/h4-6,11,18H,2-3,7-8H2,1H3,(H,20,21)/t11-/m1/s1. The van der Waals surface area contributed by atoms with Gasteiger partial charge in [-0.15, -0.1) is 11.3 Å². The highest BCUT2D eigenvalue weighted by Crippen LogP contribution is 2.32. The van der Waals surface area contributed by atoms with Crippen molar-refractivity contribution in [2.24, 2.45) is 0 Å². The van der Waals surface area contributed by atoms with E-state index in [-0.39, 0.29) is 24.0 Å². The second-order valence-electron chi connectivity index (χ2n) is 5.42. The number of morpholine rings is 1. The maximum Gasteiger partial charge on any atom is 0.338 e. The summed E-state index contributed by atoms with van der Waals surface area (Å²) in [6, 6.07) is 2.67. The number of aryl methyl sites for hydroxylation is 1. The normalized spacial score (nSPS) is 17.7. The van der Waals surface area contributed by atoms with E-state index in [9.17, 15) is 14.3 Å². The largest absolute Gasteiger partial charge is 0.491 e. The zero-order chi connectivity index (χ0) is 17.1. The molecule has 0 bridgehead atoms. The van der Waals surface area contributed by atoms with Crippen LogP contribution in [0, 0.1) is 12.7 Å². The lowest BCUT2D eigenvalue weighted by molar-refractivity contribution is 0.000175. The van der Waals surface area contributed by atoms with Gasteiger partial charge in [0, 0.05) is 24.2 Å². The van der Waals surface area contributed by atoms with Crippen LogP contribution in [0.3, 0.4) is 0 Å². The lowest BCUT2D eigenvalue weighted by Gasteiger charge is -2.23. The van der Waals surface area contributed by atoms with E-state index in [1.165, 1.54) is 23.5 Å². The first-order valence-corrected chi connectivity index (χ1v) is 8.31. The van der Waals surface area contributed by atoms with Crippen LogP contribution in [0.1, 0.15) is 15.2 Å². The number of rotatable bonds is 5. The van der Waals surface area contributed by atoms with E-state index >= 15 is 0 Å². The van der Waals surface area contributed by atoms with Gasteiger partial charge in [-0.2, -0.15) is 0 Å². The van der Waals surface area contributed by atoms with E-state index in [0.29, 0.717) is 18.2 Å². The molecule has 1 aromatic heterocycles. The minimum Gasteiger partial charge on any atom is -0.491 e. The number of ether oxygens (including phenoxy) is 2. The van der Waals surface area contributed by atoms with Gasteiger partial charge in [0.05, 0.1) is 17.7 Å². The van der Waals surface area contributed by atoms with Gasteiger partial charge in [0.1, 0.15) is 29.3 Å². The molecule has 0 saturated carbocycles. The van der Waals surface area contributed by atoms with Crippen LogP contribution in [-0.4, -0.2) is 48.5 Å². The SMILES string of the molecule is Cc1cnc(-c2cc(OC[C@H]3CNCCO3)cc(C(=O)O)c2F)s1. The molecule has 1 fully saturated rings. The molecular weight excluding hydrogens is 335 g/mol. The predicted octanol–water partition coefficient (Wildman–Crippen LogP) is 2.32. The molecule has 0 unspecified atom stereocenters. The van der Waals surface area contributed by atoms with Gasteiger partial charge >= 0.3 is 5.97 Å². The highest BCUT2D eigenvalue weighted by atomic mass is 32.1. The topological polar surface area (TPSA) is 80.7 Å². The first-order chi connectivity index (χ1) is 11.5. The fraction of sp³-hybridized carbons (Fsp3) is 0.375. The molecule has 0 spiro atoms. The number of carboxylic acids is 1. The Morgan fingerprint density at radius 1 is 1.58 bits per heavy atom. The molecule has 128 valence electrons. The Morgan fingerprint density at radius 2 is 2.42 bits per heavy atom. The van der Waals surface area contributed by atoms with Crippen molar-refractivity contribution in [1.29, 1.82) is 0 Å². The van der Waals surface area contributed by atoms with E-state index < -0.39 is 17.3 Å². The van der Waals surface area contributed by atoms with Gasteiger partial charge in [-0.05, 0) is 19.1 Å². The molecule has 1 aromatic carbocycles. The maximum absolute atomic E-state index is 14.5. The number of hydrogen-bond acceptors (Lipinski definition) is 6. The van der Waals surface area contributed by atoms with Gasteiger partial charge in [0.15, 0.2) is 0 Å². The minimum absolute atomic E-state index is 0.123. The summed E-state index contributed by atoms with van der Waals surface area (Å²) in [6.07, 6.45) is 1.50. The fourth-order valence-corrected chi connectivity index (χ4v) is 3.16. The second-order valence-corrected chi connectivity index (χ2v) is 6.66. The van der Waals surface area contributed by atoms with Crippen LogP contribution < -0.4 is 10.1 Å². The van der Waals surface area contributed by atoms with Crippen molar-refractivity contribution >= 4 is 17.3 Å². The molecule has 3 rings (SSSR count). The number of hydrogen-bond donors (Lipinski definition) is 2. The average molecular weight is 352 g/mol.